The van der Waals surface area contributed by atoms with Gasteiger partial charge in [0.1, 0.15) is 5.82 Å². The second-order valence-corrected chi connectivity index (χ2v) is 5.27. The first-order chi connectivity index (χ1) is 9.99. The molecule has 2 rings (SSSR count). The third-order valence-corrected chi connectivity index (χ3v) is 3.56. The minimum atomic E-state index is -0.532. The molecular formula is C15H21ClFN3O2. The van der Waals surface area contributed by atoms with Crippen LogP contribution in [-0.4, -0.2) is 53.8 Å². The van der Waals surface area contributed by atoms with Gasteiger partial charge in [0.25, 0.3) is 5.91 Å². The fourth-order valence-electron chi connectivity index (χ4n) is 2.43. The molecule has 22 heavy (non-hydrogen) atoms. The van der Waals surface area contributed by atoms with Crippen molar-refractivity contribution in [1.29, 1.82) is 0 Å². The van der Waals surface area contributed by atoms with Gasteiger partial charge in [-0.3, -0.25) is 9.59 Å². The van der Waals surface area contributed by atoms with Gasteiger partial charge >= 0.3 is 0 Å². The van der Waals surface area contributed by atoms with Crippen molar-refractivity contribution < 1.29 is 14.0 Å². The van der Waals surface area contributed by atoms with E-state index in [4.69, 9.17) is 5.73 Å². The van der Waals surface area contributed by atoms with E-state index in [0.29, 0.717) is 38.2 Å². The number of nitrogens with two attached hydrogens (primary N) is 1. The van der Waals surface area contributed by atoms with Crippen molar-refractivity contribution in [2.45, 2.75) is 19.4 Å². The summed E-state index contributed by atoms with van der Waals surface area (Å²) in [5.74, 6) is -0.732. The summed E-state index contributed by atoms with van der Waals surface area (Å²) in [6.45, 7) is 3.70. The second-order valence-electron chi connectivity index (χ2n) is 5.27. The summed E-state index contributed by atoms with van der Waals surface area (Å²) in [6.07, 6.45) is 0.694. The van der Waals surface area contributed by atoms with Crippen LogP contribution in [0.25, 0.3) is 0 Å². The van der Waals surface area contributed by atoms with Crippen LogP contribution in [0, 0.1) is 5.82 Å². The van der Waals surface area contributed by atoms with Crippen molar-refractivity contribution in [3.63, 3.8) is 0 Å². The summed E-state index contributed by atoms with van der Waals surface area (Å²) < 4.78 is 13.2. The highest BCUT2D eigenvalue weighted by molar-refractivity contribution is 5.94. The van der Waals surface area contributed by atoms with Gasteiger partial charge in [0.2, 0.25) is 5.91 Å². The van der Waals surface area contributed by atoms with Crippen LogP contribution in [0.5, 0.6) is 0 Å². The van der Waals surface area contributed by atoms with Gasteiger partial charge in [-0.2, -0.15) is 0 Å². The van der Waals surface area contributed by atoms with Gasteiger partial charge in [-0.1, -0.05) is 6.07 Å². The van der Waals surface area contributed by atoms with Gasteiger partial charge in [0, 0.05) is 31.7 Å². The standard InChI is InChI=1S/C15H20FN3O2.ClH/c1-11(17)14(20)18-6-3-7-19(9-8-18)15(21)12-4-2-5-13(16)10-12;/h2,4-5,10-11H,3,6-9,17H2,1H3;1H/t11-;/m1./s1. The van der Waals surface area contributed by atoms with Crippen molar-refractivity contribution in [3.05, 3.63) is 35.6 Å². The van der Waals surface area contributed by atoms with E-state index in [-0.39, 0.29) is 24.2 Å². The Morgan fingerprint density at radius 1 is 1.18 bits per heavy atom. The van der Waals surface area contributed by atoms with Crippen molar-refractivity contribution in [2.75, 3.05) is 26.2 Å². The minimum Gasteiger partial charge on any atom is -0.340 e. The van der Waals surface area contributed by atoms with E-state index >= 15 is 0 Å². The van der Waals surface area contributed by atoms with Crippen molar-refractivity contribution >= 4 is 24.2 Å². The number of carbonyl (C=O) groups is 2. The Bertz CT molecular complexity index is 539. The Morgan fingerprint density at radius 2 is 1.82 bits per heavy atom. The molecule has 1 saturated heterocycles. The number of carbonyl (C=O) groups excluding carboxylic acids is 2. The molecule has 7 heteroatoms. The monoisotopic (exact) mass is 329 g/mol. The molecule has 0 radical (unpaired) electrons. The highest BCUT2D eigenvalue weighted by Crippen LogP contribution is 2.11. The molecule has 0 saturated carbocycles. The molecule has 1 aliphatic heterocycles. The number of halogens is 2. The molecular weight excluding hydrogens is 309 g/mol. The zero-order chi connectivity index (χ0) is 15.4. The zero-order valence-electron chi connectivity index (χ0n) is 12.5. The molecule has 2 amide bonds. The average molecular weight is 330 g/mol. The molecule has 0 spiro atoms. The van der Waals surface area contributed by atoms with Crippen LogP contribution in [-0.2, 0) is 4.79 Å². The molecule has 122 valence electrons. The van der Waals surface area contributed by atoms with Crippen LogP contribution < -0.4 is 5.73 Å². The van der Waals surface area contributed by atoms with Crippen LogP contribution in [0.2, 0.25) is 0 Å². The summed E-state index contributed by atoms with van der Waals surface area (Å²) in [4.78, 5) is 27.6. The Hall–Kier alpha value is -1.66. The third-order valence-electron chi connectivity index (χ3n) is 3.56. The number of hydrogen-bond donors (Lipinski definition) is 1. The average Bonchev–Trinajstić information content (AvgIpc) is 2.71. The van der Waals surface area contributed by atoms with Crippen LogP contribution in [0.15, 0.2) is 24.3 Å². The topological polar surface area (TPSA) is 66.6 Å². The predicted octanol–water partition coefficient (Wildman–Crippen LogP) is 1.27. The SMILES string of the molecule is C[C@@H](N)C(=O)N1CCCN(C(=O)c2cccc(F)c2)CC1.Cl. The number of amides is 2. The lowest BCUT2D eigenvalue weighted by atomic mass is 10.2. The molecule has 0 aromatic heterocycles. The highest BCUT2D eigenvalue weighted by atomic mass is 35.5. The Balaban J connectivity index is 0.00000242. The lowest BCUT2D eigenvalue weighted by Gasteiger charge is -2.23. The minimum absolute atomic E-state index is 0. The number of nitrogens with zero attached hydrogens (tertiary/aromatic N) is 2. The Kier molecular flexibility index (Phi) is 6.77. The zero-order valence-corrected chi connectivity index (χ0v) is 13.3. The van der Waals surface area contributed by atoms with Crippen LogP contribution in [0.3, 0.4) is 0 Å². The van der Waals surface area contributed by atoms with Gasteiger partial charge in [-0.25, -0.2) is 4.39 Å². The Morgan fingerprint density at radius 3 is 2.45 bits per heavy atom. The fourth-order valence-corrected chi connectivity index (χ4v) is 2.43. The fraction of sp³-hybridized carbons (Fsp3) is 0.467. The van der Waals surface area contributed by atoms with Gasteiger partial charge < -0.3 is 15.5 Å². The summed E-state index contributed by atoms with van der Waals surface area (Å²) in [7, 11) is 0. The Labute approximate surface area is 135 Å². The maximum Gasteiger partial charge on any atom is 0.254 e. The van der Waals surface area contributed by atoms with E-state index in [1.807, 2.05) is 0 Å². The molecule has 1 aromatic carbocycles. The van der Waals surface area contributed by atoms with Gasteiger partial charge in [0.05, 0.1) is 6.04 Å². The normalized spacial score (nSPS) is 16.5. The van der Waals surface area contributed by atoms with Crippen LogP contribution in [0.4, 0.5) is 4.39 Å². The maximum atomic E-state index is 13.2. The quantitative estimate of drug-likeness (QED) is 0.888. The van der Waals surface area contributed by atoms with E-state index in [9.17, 15) is 14.0 Å². The summed E-state index contributed by atoms with van der Waals surface area (Å²) in [6, 6.07) is 5.13. The predicted molar refractivity (Wildman–Crippen MR) is 84.4 cm³/mol. The smallest absolute Gasteiger partial charge is 0.254 e. The first kappa shape index (κ1) is 18.4. The molecule has 1 atom stereocenters. The van der Waals surface area contributed by atoms with Crippen LogP contribution >= 0.6 is 12.4 Å². The third kappa shape index (κ3) is 4.42. The van der Waals surface area contributed by atoms with E-state index in [1.165, 1.54) is 18.2 Å². The molecule has 1 aromatic rings. The number of rotatable bonds is 2. The van der Waals surface area contributed by atoms with E-state index in [1.54, 1.807) is 22.8 Å². The number of benzene rings is 1. The van der Waals surface area contributed by atoms with Crippen molar-refractivity contribution in [2.24, 2.45) is 5.73 Å². The first-order valence-electron chi connectivity index (χ1n) is 7.08. The first-order valence-corrected chi connectivity index (χ1v) is 7.08. The van der Waals surface area contributed by atoms with Crippen LogP contribution in [0.1, 0.15) is 23.7 Å². The van der Waals surface area contributed by atoms with Gasteiger partial charge in [-0.15, -0.1) is 12.4 Å². The highest BCUT2D eigenvalue weighted by Gasteiger charge is 2.24. The van der Waals surface area contributed by atoms with E-state index in [2.05, 4.69) is 0 Å². The second kappa shape index (κ2) is 8.10. The molecule has 1 aliphatic rings. The summed E-state index contributed by atoms with van der Waals surface area (Å²) in [5, 5.41) is 0. The maximum absolute atomic E-state index is 13.2. The lowest BCUT2D eigenvalue weighted by molar-refractivity contribution is -0.132. The van der Waals surface area contributed by atoms with E-state index < -0.39 is 11.9 Å². The molecule has 5 nitrogen and oxygen atoms in total. The van der Waals surface area contributed by atoms with E-state index in [0.717, 1.165) is 0 Å². The summed E-state index contributed by atoms with van der Waals surface area (Å²) in [5.41, 5.74) is 5.94. The van der Waals surface area contributed by atoms with Crippen molar-refractivity contribution in [1.82, 2.24) is 9.80 Å². The molecule has 0 bridgehead atoms. The van der Waals surface area contributed by atoms with Crippen molar-refractivity contribution in [3.8, 4) is 0 Å². The number of hydrogen-bond acceptors (Lipinski definition) is 3. The van der Waals surface area contributed by atoms with Gasteiger partial charge in [0.15, 0.2) is 0 Å². The molecule has 0 unspecified atom stereocenters. The molecule has 0 aliphatic carbocycles. The molecule has 1 fully saturated rings. The summed E-state index contributed by atoms with van der Waals surface area (Å²) >= 11 is 0. The molecule has 2 N–H and O–H groups in total. The molecule has 1 heterocycles. The lowest BCUT2D eigenvalue weighted by Crippen LogP contribution is -2.44. The largest absolute Gasteiger partial charge is 0.340 e. The van der Waals surface area contributed by atoms with Gasteiger partial charge in [-0.05, 0) is 31.5 Å².